The molecule has 0 unspecified atom stereocenters. The first kappa shape index (κ1) is 18.3. The van der Waals surface area contributed by atoms with Gasteiger partial charge in [-0.15, -0.1) is 0 Å². The standard InChI is InChI=1S/C13H14N2O.C7H9NO.2H2/c1-16-13-7-4-11(9-15-13)8-10-2-5-12(14)6-3-10;1-6-2-4-7(8-9)5-3-6;;/h2-7,9H,8,14H2,1H3;2-5,8-9H,1H3;2*1H. The number of nitrogens with two attached hydrogens (primary N) is 1. The molecule has 1 heterocycles. The molecule has 25 heavy (non-hydrogen) atoms. The van der Waals surface area contributed by atoms with Crippen LogP contribution in [0.5, 0.6) is 5.88 Å². The monoisotopic (exact) mass is 341 g/mol. The van der Waals surface area contributed by atoms with Crippen LogP contribution in [-0.4, -0.2) is 17.3 Å². The van der Waals surface area contributed by atoms with E-state index in [-0.39, 0.29) is 2.85 Å². The predicted octanol–water partition coefficient (Wildman–Crippen LogP) is 4.55. The van der Waals surface area contributed by atoms with Gasteiger partial charge in [-0.05, 0) is 48.7 Å². The molecule has 0 fully saturated rings. The number of nitrogen functional groups attached to an aromatic ring is 1. The summed E-state index contributed by atoms with van der Waals surface area (Å²) in [6, 6.07) is 19.2. The Kier molecular flexibility index (Phi) is 6.80. The molecule has 1 aromatic heterocycles. The van der Waals surface area contributed by atoms with Crippen LogP contribution in [0, 0.1) is 6.92 Å². The molecule has 2 aromatic carbocycles. The largest absolute Gasteiger partial charge is 0.481 e. The molecule has 5 nitrogen and oxygen atoms in total. The summed E-state index contributed by atoms with van der Waals surface area (Å²) in [5, 5.41) is 8.38. The van der Waals surface area contributed by atoms with E-state index < -0.39 is 0 Å². The molecule has 3 rings (SSSR count). The Morgan fingerprint density at radius 3 is 2.16 bits per heavy atom. The molecule has 0 atom stereocenters. The van der Waals surface area contributed by atoms with Gasteiger partial charge in [0.25, 0.3) is 0 Å². The van der Waals surface area contributed by atoms with E-state index in [1.165, 1.54) is 11.1 Å². The second-order valence-corrected chi connectivity index (χ2v) is 5.60. The number of benzene rings is 2. The quantitative estimate of drug-likeness (QED) is 0.479. The van der Waals surface area contributed by atoms with Gasteiger partial charge in [0.15, 0.2) is 0 Å². The molecule has 134 valence electrons. The molecule has 0 spiro atoms. The summed E-state index contributed by atoms with van der Waals surface area (Å²) >= 11 is 0. The van der Waals surface area contributed by atoms with E-state index in [9.17, 15) is 0 Å². The number of aryl methyl sites for hydroxylation is 1. The molecule has 0 bridgehead atoms. The van der Waals surface area contributed by atoms with Crippen LogP contribution in [0.1, 0.15) is 19.5 Å². The Morgan fingerprint density at radius 2 is 1.64 bits per heavy atom. The Bertz CT molecular complexity index is 765. The second kappa shape index (κ2) is 9.30. The van der Waals surface area contributed by atoms with Gasteiger partial charge in [0.2, 0.25) is 5.88 Å². The molecule has 0 saturated carbocycles. The third-order valence-electron chi connectivity index (χ3n) is 3.58. The molecule has 0 aliphatic rings. The van der Waals surface area contributed by atoms with E-state index in [2.05, 4.69) is 10.5 Å². The molecule has 0 aliphatic heterocycles. The first-order valence-electron chi connectivity index (χ1n) is 7.91. The number of hydrogen-bond donors (Lipinski definition) is 3. The minimum Gasteiger partial charge on any atom is -0.481 e. The van der Waals surface area contributed by atoms with Gasteiger partial charge in [-0.2, -0.15) is 0 Å². The third kappa shape index (κ3) is 6.16. The molecule has 0 aliphatic carbocycles. The van der Waals surface area contributed by atoms with E-state index in [1.54, 1.807) is 7.11 Å². The van der Waals surface area contributed by atoms with Crippen molar-refractivity contribution in [3.63, 3.8) is 0 Å². The molecule has 4 N–H and O–H groups in total. The van der Waals surface area contributed by atoms with Crippen LogP contribution in [0.4, 0.5) is 11.4 Å². The summed E-state index contributed by atoms with van der Waals surface area (Å²) in [5.74, 6) is 0.640. The van der Waals surface area contributed by atoms with Gasteiger partial charge in [0, 0.05) is 20.8 Å². The van der Waals surface area contributed by atoms with Gasteiger partial charge in [0.05, 0.1) is 12.8 Å². The van der Waals surface area contributed by atoms with Crippen molar-refractivity contribution in [2.75, 3.05) is 18.3 Å². The van der Waals surface area contributed by atoms with Crippen LogP contribution >= 0.6 is 0 Å². The van der Waals surface area contributed by atoms with Crippen molar-refractivity contribution in [1.82, 2.24) is 4.98 Å². The Balaban J connectivity index is 0.000000532. The van der Waals surface area contributed by atoms with Gasteiger partial charge in [-0.3, -0.25) is 10.7 Å². The molecule has 3 aromatic rings. The predicted molar refractivity (Wildman–Crippen MR) is 105 cm³/mol. The van der Waals surface area contributed by atoms with Gasteiger partial charge in [-0.25, -0.2) is 4.98 Å². The minimum atomic E-state index is 0. The number of pyridine rings is 1. The van der Waals surface area contributed by atoms with Crippen LogP contribution in [-0.2, 0) is 6.42 Å². The Hall–Kier alpha value is -3.05. The number of nitrogens with one attached hydrogen (secondary N) is 1. The van der Waals surface area contributed by atoms with Crippen LogP contribution in [0.15, 0.2) is 66.9 Å². The van der Waals surface area contributed by atoms with Crippen molar-refractivity contribution >= 4 is 11.4 Å². The summed E-state index contributed by atoms with van der Waals surface area (Å²) in [4.78, 5) is 4.16. The van der Waals surface area contributed by atoms with Crippen molar-refractivity contribution < 1.29 is 12.8 Å². The lowest BCUT2D eigenvalue weighted by atomic mass is 10.1. The highest BCUT2D eigenvalue weighted by Gasteiger charge is 1.98. The third-order valence-corrected chi connectivity index (χ3v) is 3.58. The van der Waals surface area contributed by atoms with Crippen LogP contribution in [0.2, 0.25) is 0 Å². The number of nitrogens with zero attached hydrogens (tertiary/aromatic N) is 1. The molecule has 0 radical (unpaired) electrons. The number of methoxy groups -OCH3 is 1. The second-order valence-electron chi connectivity index (χ2n) is 5.60. The first-order valence-corrected chi connectivity index (χ1v) is 7.91. The average Bonchev–Trinajstić information content (AvgIpc) is 2.65. The highest BCUT2D eigenvalue weighted by atomic mass is 16.5. The van der Waals surface area contributed by atoms with E-state index >= 15 is 0 Å². The van der Waals surface area contributed by atoms with Gasteiger partial charge in [-0.1, -0.05) is 35.9 Å². The van der Waals surface area contributed by atoms with Crippen molar-refractivity contribution in [2.24, 2.45) is 0 Å². The van der Waals surface area contributed by atoms with Crippen molar-refractivity contribution in [1.29, 1.82) is 0 Å². The van der Waals surface area contributed by atoms with E-state index in [1.807, 2.05) is 73.8 Å². The zero-order valence-corrected chi connectivity index (χ0v) is 14.4. The average molecular weight is 341 g/mol. The number of rotatable bonds is 4. The maximum absolute atomic E-state index is 8.38. The van der Waals surface area contributed by atoms with E-state index in [0.29, 0.717) is 5.88 Å². The molecular formula is C20H27N3O2. The summed E-state index contributed by atoms with van der Waals surface area (Å²) in [6.07, 6.45) is 2.69. The van der Waals surface area contributed by atoms with Gasteiger partial charge >= 0.3 is 0 Å². The van der Waals surface area contributed by atoms with Gasteiger partial charge in [0.1, 0.15) is 0 Å². The van der Waals surface area contributed by atoms with Crippen molar-refractivity contribution in [3.05, 3.63) is 83.6 Å². The lowest BCUT2D eigenvalue weighted by Crippen LogP contribution is -1.92. The lowest BCUT2D eigenvalue weighted by Gasteiger charge is -2.03. The fourth-order valence-corrected chi connectivity index (χ4v) is 2.14. The van der Waals surface area contributed by atoms with Crippen LogP contribution < -0.4 is 16.0 Å². The Morgan fingerprint density at radius 1 is 1.00 bits per heavy atom. The summed E-state index contributed by atoms with van der Waals surface area (Å²) in [6.45, 7) is 2.00. The fraction of sp³-hybridized carbons (Fsp3) is 0.150. The highest BCUT2D eigenvalue weighted by Crippen LogP contribution is 2.13. The van der Waals surface area contributed by atoms with Crippen LogP contribution in [0.25, 0.3) is 0 Å². The topological polar surface area (TPSA) is 80.4 Å². The summed E-state index contributed by atoms with van der Waals surface area (Å²) in [5.41, 5.74) is 12.8. The molecular weight excluding hydrogens is 314 g/mol. The molecule has 0 saturated heterocycles. The SMILES string of the molecule is COc1ccc(Cc2ccc(N)cc2)cn1.Cc1ccc(NO)cc1.[HH].[HH]. The number of hydrogen-bond acceptors (Lipinski definition) is 5. The summed E-state index contributed by atoms with van der Waals surface area (Å²) in [7, 11) is 1.61. The Labute approximate surface area is 151 Å². The molecule has 0 amide bonds. The van der Waals surface area contributed by atoms with Crippen molar-refractivity contribution in [2.45, 2.75) is 13.3 Å². The highest BCUT2D eigenvalue weighted by molar-refractivity contribution is 5.42. The van der Waals surface area contributed by atoms with Crippen molar-refractivity contribution in [3.8, 4) is 5.88 Å². The minimum absolute atomic E-state index is 0. The maximum Gasteiger partial charge on any atom is 0.212 e. The zero-order chi connectivity index (χ0) is 18.1. The number of aromatic nitrogens is 1. The first-order chi connectivity index (χ1) is 12.1. The smallest absolute Gasteiger partial charge is 0.212 e. The van der Waals surface area contributed by atoms with Gasteiger partial charge < -0.3 is 10.5 Å². The lowest BCUT2D eigenvalue weighted by molar-refractivity contribution is 0.389. The van der Waals surface area contributed by atoms with E-state index in [4.69, 9.17) is 15.7 Å². The maximum atomic E-state index is 8.38. The number of anilines is 2. The molecule has 5 heteroatoms. The fourth-order valence-electron chi connectivity index (χ4n) is 2.14. The zero-order valence-electron chi connectivity index (χ0n) is 14.4. The van der Waals surface area contributed by atoms with E-state index in [0.717, 1.165) is 23.4 Å². The normalized spacial score (nSPS) is 9.72. The summed E-state index contributed by atoms with van der Waals surface area (Å²) < 4.78 is 5.01. The number of ether oxygens (including phenoxy) is 1. The van der Waals surface area contributed by atoms with Crippen LogP contribution in [0.3, 0.4) is 0 Å².